The van der Waals surface area contributed by atoms with Gasteiger partial charge >= 0.3 is 0 Å². The number of rotatable bonds is 2. The number of halogens is 1. The fourth-order valence-electron chi connectivity index (χ4n) is 4.58. The van der Waals surface area contributed by atoms with Gasteiger partial charge in [0.25, 0.3) is 0 Å². The summed E-state index contributed by atoms with van der Waals surface area (Å²) in [6, 6.07) is 13.8. The molecule has 9 heteroatoms. The molecule has 2 aliphatic heterocycles. The maximum Gasteiger partial charge on any atom is 0.167 e. The van der Waals surface area contributed by atoms with Gasteiger partial charge in [-0.2, -0.15) is 0 Å². The van der Waals surface area contributed by atoms with Crippen LogP contribution in [0.3, 0.4) is 0 Å². The Morgan fingerprint density at radius 2 is 1.77 bits per heavy atom. The maximum absolute atomic E-state index is 14.1. The summed E-state index contributed by atoms with van der Waals surface area (Å²) in [5.74, 6) is 4.70. The van der Waals surface area contributed by atoms with E-state index in [2.05, 4.69) is 26.8 Å². The summed E-state index contributed by atoms with van der Waals surface area (Å²) in [7, 11) is 0. The van der Waals surface area contributed by atoms with Crippen molar-refractivity contribution >= 4 is 16.9 Å². The highest BCUT2D eigenvalue weighted by molar-refractivity contribution is 5.91. The lowest BCUT2D eigenvalue weighted by molar-refractivity contribution is -0.190. The number of nitrogens with zero attached hydrogens (tertiary/aromatic N) is 4. The van der Waals surface area contributed by atoms with Crippen molar-refractivity contribution in [1.82, 2.24) is 19.5 Å². The fourth-order valence-corrected chi connectivity index (χ4v) is 4.58. The van der Waals surface area contributed by atoms with E-state index in [0.29, 0.717) is 28.1 Å². The van der Waals surface area contributed by atoms with E-state index in [1.54, 1.807) is 29.1 Å². The second-order valence-electron chi connectivity index (χ2n) is 8.89. The highest BCUT2D eigenvalue weighted by atomic mass is 19.1. The summed E-state index contributed by atoms with van der Waals surface area (Å²) in [5, 5.41) is 0. The molecule has 35 heavy (non-hydrogen) atoms. The molecule has 4 atom stereocenters. The first kappa shape index (κ1) is 21.7. The zero-order valence-electron chi connectivity index (χ0n) is 19.1. The zero-order chi connectivity index (χ0) is 24.2. The van der Waals surface area contributed by atoms with Crippen LogP contribution < -0.4 is 5.73 Å². The number of ether oxygens (including phenoxy) is 3. The van der Waals surface area contributed by atoms with Crippen molar-refractivity contribution in [3.63, 3.8) is 0 Å². The molecular formula is C26H22FN5O3. The third-order valence-electron chi connectivity index (χ3n) is 6.10. The average Bonchev–Trinajstić information content (AvgIpc) is 3.50. The van der Waals surface area contributed by atoms with Crippen LogP contribution in [0.25, 0.3) is 22.4 Å². The maximum atomic E-state index is 14.1. The molecule has 176 valence electrons. The summed E-state index contributed by atoms with van der Waals surface area (Å²) >= 11 is 0. The molecule has 0 amide bonds. The van der Waals surface area contributed by atoms with Crippen molar-refractivity contribution in [2.75, 3.05) is 5.73 Å². The van der Waals surface area contributed by atoms with E-state index in [1.165, 1.54) is 12.4 Å². The minimum absolute atomic E-state index is 0.292. The van der Waals surface area contributed by atoms with Crippen LogP contribution in [0.2, 0.25) is 0 Å². The van der Waals surface area contributed by atoms with Gasteiger partial charge in [0.1, 0.15) is 41.7 Å². The Bertz CT molecular complexity index is 1490. The third kappa shape index (κ3) is 3.72. The van der Waals surface area contributed by atoms with Crippen LogP contribution in [0.4, 0.5) is 10.1 Å². The number of hydrogen-bond acceptors (Lipinski definition) is 7. The molecule has 2 aromatic heterocycles. The Hall–Kier alpha value is -3.84. The minimum atomic E-state index is -0.829. The van der Waals surface area contributed by atoms with Crippen molar-refractivity contribution in [3.05, 3.63) is 72.6 Å². The first-order valence-electron chi connectivity index (χ1n) is 11.2. The van der Waals surface area contributed by atoms with Crippen LogP contribution in [0.15, 0.2) is 61.2 Å². The molecule has 0 saturated carbocycles. The number of nitrogen functional groups attached to an aromatic ring is 1. The van der Waals surface area contributed by atoms with Crippen molar-refractivity contribution in [1.29, 1.82) is 0 Å². The highest BCUT2D eigenvalue weighted by Gasteiger charge is 2.56. The first-order chi connectivity index (χ1) is 16.9. The van der Waals surface area contributed by atoms with E-state index < -0.39 is 30.3 Å². The molecular weight excluding hydrogens is 449 g/mol. The molecule has 2 aliphatic rings. The number of imidazole rings is 1. The van der Waals surface area contributed by atoms with E-state index in [-0.39, 0.29) is 5.82 Å². The normalized spacial score (nSPS) is 24.8. The molecule has 2 aromatic carbocycles. The molecule has 0 unspecified atom stereocenters. The summed E-state index contributed by atoms with van der Waals surface area (Å²) in [5.41, 5.74) is 9.62. The van der Waals surface area contributed by atoms with Gasteiger partial charge in [-0.25, -0.2) is 19.3 Å². The van der Waals surface area contributed by atoms with Gasteiger partial charge in [0.15, 0.2) is 17.7 Å². The summed E-state index contributed by atoms with van der Waals surface area (Å²) in [6.07, 6.45) is 0.920. The summed E-state index contributed by atoms with van der Waals surface area (Å²) < 4.78 is 34.5. The van der Waals surface area contributed by atoms with E-state index in [9.17, 15) is 4.39 Å². The number of para-hydroxylation sites is 1. The Balaban J connectivity index is 1.40. The topological polar surface area (TPSA) is 97.3 Å². The number of benzene rings is 2. The lowest BCUT2D eigenvalue weighted by Gasteiger charge is -2.23. The SMILES string of the molecule is CC1(C)O[C@@H]2[C@H](O1)[C@@H](C#Cc1ccccc1F)O[C@H]2n1cnc2c(-c3ccccc3N)ncnc21. The van der Waals surface area contributed by atoms with Gasteiger partial charge in [0.05, 0.1) is 11.9 Å². The molecule has 0 aliphatic carbocycles. The predicted octanol–water partition coefficient (Wildman–Crippen LogP) is 3.68. The number of fused-ring (bicyclic) bond motifs is 2. The molecule has 2 N–H and O–H groups in total. The van der Waals surface area contributed by atoms with Crippen molar-refractivity contribution < 1.29 is 18.6 Å². The highest BCUT2D eigenvalue weighted by Crippen LogP contribution is 2.44. The summed E-state index contributed by atoms with van der Waals surface area (Å²) in [6.45, 7) is 3.68. The third-order valence-corrected chi connectivity index (χ3v) is 6.10. The Morgan fingerprint density at radius 3 is 2.60 bits per heavy atom. The second kappa shape index (κ2) is 8.13. The monoisotopic (exact) mass is 471 g/mol. The molecule has 4 aromatic rings. The molecule has 0 bridgehead atoms. The van der Waals surface area contributed by atoms with Crippen LogP contribution in [0.5, 0.6) is 0 Å². The van der Waals surface area contributed by atoms with E-state index in [0.717, 1.165) is 5.56 Å². The Labute approximate surface area is 200 Å². The van der Waals surface area contributed by atoms with Crippen molar-refractivity contribution in [2.45, 2.75) is 44.2 Å². The van der Waals surface area contributed by atoms with E-state index >= 15 is 0 Å². The van der Waals surface area contributed by atoms with Gasteiger partial charge in [-0.3, -0.25) is 4.57 Å². The smallest absolute Gasteiger partial charge is 0.167 e. The lowest BCUT2D eigenvalue weighted by atomic mass is 10.1. The molecule has 4 heterocycles. The van der Waals surface area contributed by atoms with Gasteiger partial charge in [0, 0.05) is 11.3 Å². The lowest BCUT2D eigenvalue weighted by Crippen LogP contribution is -2.28. The first-order valence-corrected chi connectivity index (χ1v) is 11.2. The van der Waals surface area contributed by atoms with Crippen LogP contribution in [0.1, 0.15) is 25.6 Å². The molecule has 0 spiro atoms. The van der Waals surface area contributed by atoms with Crippen LogP contribution in [-0.4, -0.2) is 43.6 Å². The number of anilines is 1. The van der Waals surface area contributed by atoms with Crippen molar-refractivity contribution in [2.24, 2.45) is 0 Å². The largest absolute Gasteiger partial charge is 0.398 e. The number of nitrogens with two attached hydrogens (primary N) is 1. The fraction of sp³-hybridized carbons (Fsp3) is 0.269. The van der Waals surface area contributed by atoms with Gasteiger partial charge < -0.3 is 19.9 Å². The number of aromatic nitrogens is 4. The molecule has 2 fully saturated rings. The summed E-state index contributed by atoms with van der Waals surface area (Å²) in [4.78, 5) is 13.5. The van der Waals surface area contributed by atoms with E-state index in [1.807, 2.05) is 38.1 Å². The van der Waals surface area contributed by atoms with Gasteiger partial charge in [-0.1, -0.05) is 42.2 Å². The molecule has 0 radical (unpaired) electrons. The molecule has 2 saturated heterocycles. The van der Waals surface area contributed by atoms with Gasteiger partial charge in [-0.05, 0) is 32.0 Å². The number of hydrogen-bond donors (Lipinski definition) is 1. The quantitative estimate of drug-likeness (QED) is 0.352. The molecule has 8 nitrogen and oxygen atoms in total. The van der Waals surface area contributed by atoms with Crippen LogP contribution in [0, 0.1) is 17.7 Å². The van der Waals surface area contributed by atoms with E-state index in [4.69, 9.17) is 19.9 Å². The van der Waals surface area contributed by atoms with Crippen molar-refractivity contribution in [3.8, 4) is 23.1 Å². The Kier molecular flexibility index (Phi) is 5.04. The second-order valence-corrected chi connectivity index (χ2v) is 8.89. The zero-order valence-corrected chi connectivity index (χ0v) is 19.1. The van der Waals surface area contributed by atoms with Crippen LogP contribution in [-0.2, 0) is 14.2 Å². The average molecular weight is 471 g/mol. The predicted molar refractivity (Wildman–Crippen MR) is 126 cm³/mol. The van der Waals surface area contributed by atoms with Gasteiger partial charge in [-0.15, -0.1) is 0 Å². The van der Waals surface area contributed by atoms with Crippen LogP contribution >= 0.6 is 0 Å². The Morgan fingerprint density at radius 1 is 1.00 bits per heavy atom. The van der Waals surface area contributed by atoms with Gasteiger partial charge in [0.2, 0.25) is 0 Å². The standard InChI is InChI=1S/C26H22FN5O3/c1-26(2)34-22-19(12-11-15-7-3-5-9-17(15)27)33-25(23(22)35-26)32-14-31-21-20(29-13-30-24(21)32)16-8-4-6-10-18(16)28/h3-10,13-14,19,22-23,25H,28H2,1-2H3/t19-,22-,23-,25-/m1/s1. The molecule has 6 rings (SSSR count). The minimum Gasteiger partial charge on any atom is -0.398 e.